The minimum Gasteiger partial charge on any atom is -0.347 e. The number of aromatic nitrogens is 2. The number of hydrogen-bond acceptors (Lipinski definition) is 4. The average Bonchev–Trinajstić information content (AvgIpc) is 2.50. The topological polar surface area (TPSA) is 46.1 Å². The van der Waals surface area contributed by atoms with Crippen molar-refractivity contribution in [3.63, 3.8) is 0 Å². The van der Waals surface area contributed by atoms with Crippen molar-refractivity contribution >= 4 is 16.9 Å². The van der Waals surface area contributed by atoms with Crippen LogP contribution in [0.15, 0.2) is 23.0 Å². The van der Waals surface area contributed by atoms with Crippen LogP contribution in [-0.4, -0.2) is 24.1 Å². The number of rotatable bonds is 2. The van der Waals surface area contributed by atoms with Gasteiger partial charge in [0.25, 0.3) is 0 Å². The highest BCUT2D eigenvalue weighted by Gasteiger charge is 2.09. The summed E-state index contributed by atoms with van der Waals surface area (Å²) in [6.45, 7) is 6.13. The summed E-state index contributed by atoms with van der Waals surface area (Å²) in [7, 11) is 3.74. The minimum atomic E-state index is -0.0597. The molecule has 1 heterocycles. The van der Waals surface area contributed by atoms with Gasteiger partial charge in [-0.25, -0.2) is 9.97 Å². The molecular weight excluding hydrogens is 238 g/mol. The highest BCUT2D eigenvalue weighted by atomic mass is 16.1. The molecule has 0 aliphatic carbocycles. The molecule has 2 rings (SSSR count). The van der Waals surface area contributed by atoms with Gasteiger partial charge in [-0.2, -0.15) is 0 Å². The van der Waals surface area contributed by atoms with E-state index in [0.29, 0.717) is 17.4 Å². The molecule has 0 saturated heterocycles. The molecule has 0 spiro atoms. The first-order valence-electron chi connectivity index (χ1n) is 6.40. The van der Waals surface area contributed by atoms with Gasteiger partial charge in [-0.05, 0) is 30.5 Å². The standard InChI is InChI=1S/C15H19N3O/c1-9(2)11-6-7-13(19)14-12(8-11)10(3)16-15(17-14)18(4)5/h6-9H,1-5H3. The first-order valence-corrected chi connectivity index (χ1v) is 6.40. The zero-order chi connectivity index (χ0) is 14.2. The maximum atomic E-state index is 12.2. The molecule has 0 N–H and O–H groups in total. The highest BCUT2D eigenvalue weighted by Crippen LogP contribution is 2.20. The van der Waals surface area contributed by atoms with Gasteiger partial charge in [0.15, 0.2) is 0 Å². The van der Waals surface area contributed by atoms with E-state index in [1.165, 1.54) is 0 Å². The second kappa shape index (κ2) is 4.96. The zero-order valence-electron chi connectivity index (χ0n) is 12.1. The quantitative estimate of drug-likeness (QED) is 0.829. The average molecular weight is 257 g/mol. The van der Waals surface area contributed by atoms with Crippen LogP contribution in [0.25, 0.3) is 10.9 Å². The Morgan fingerprint density at radius 2 is 1.84 bits per heavy atom. The van der Waals surface area contributed by atoms with E-state index in [1.54, 1.807) is 6.07 Å². The normalized spacial score (nSPS) is 11.1. The molecule has 0 aliphatic rings. The van der Waals surface area contributed by atoms with Gasteiger partial charge in [0.1, 0.15) is 5.52 Å². The van der Waals surface area contributed by atoms with Crippen molar-refractivity contribution in [1.82, 2.24) is 9.97 Å². The van der Waals surface area contributed by atoms with E-state index in [4.69, 9.17) is 0 Å². The summed E-state index contributed by atoms with van der Waals surface area (Å²) in [6.07, 6.45) is 0. The molecule has 1 aromatic carbocycles. The molecule has 0 amide bonds. The maximum absolute atomic E-state index is 12.2. The van der Waals surface area contributed by atoms with Crippen LogP contribution in [0.3, 0.4) is 0 Å². The lowest BCUT2D eigenvalue weighted by Crippen LogP contribution is -2.14. The van der Waals surface area contributed by atoms with Crippen LogP contribution >= 0.6 is 0 Å². The second-order valence-electron chi connectivity index (χ2n) is 5.26. The number of anilines is 1. The van der Waals surface area contributed by atoms with E-state index < -0.39 is 0 Å². The molecule has 0 atom stereocenters. The van der Waals surface area contributed by atoms with Crippen molar-refractivity contribution < 1.29 is 0 Å². The van der Waals surface area contributed by atoms with Crippen molar-refractivity contribution in [2.24, 2.45) is 0 Å². The fourth-order valence-corrected chi connectivity index (χ4v) is 1.95. The first-order chi connectivity index (χ1) is 8.90. The van der Waals surface area contributed by atoms with E-state index in [2.05, 4.69) is 23.8 Å². The van der Waals surface area contributed by atoms with Crippen LogP contribution in [-0.2, 0) is 0 Å². The predicted octanol–water partition coefficient (Wildman–Crippen LogP) is 2.49. The third-order valence-electron chi connectivity index (χ3n) is 3.16. The largest absolute Gasteiger partial charge is 0.347 e. The lowest BCUT2D eigenvalue weighted by atomic mass is 10.0. The predicted molar refractivity (Wildman–Crippen MR) is 79.0 cm³/mol. The molecule has 0 aliphatic heterocycles. The Balaban J connectivity index is 2.88. The summed E-state index contributed by atoms with van der Waals surface area (Å²) in [5.74, 6) is 0.933. The zero-order valence-corrected chi connectivity index (χ0v) is 12.1. The summed E-state index contributed by atoms with van der Waals surface area (Å²) >= 11 is 0. The summed E-state index contributed by atoms with van der Waals surface area (Å²) in [5, 5.41) is 0.837. The molecule has 0 bridgehead atoms. The molecule has 4 heteroatoms. The Bertz CT molecular complexity index is 678. The van der Waals surface area contributed by atoms with Gasteiger partial charge in [-0.1, -0.05) is 19.9 Å². The van der Waals surface area contributed by atoms with Crippen molar-refractivity contribution in [3.8, 4) is 0 Å². The molecule has 0 fully saturated rings. The minimum absolute atomic E-state index is 0.0597. The lowest BCUT2D eigenvalue weighted by Gasteiger charge is -2.11. The van der Waals surface area contributed by atoms with Crippen LogP contribution in [0.4, 0.5) is 5.95 Å². The molecule has 4 nitrogen and oxygen atoms in total. The van der Waals surface area contributed by atoms with E-state index >= 15 is 0 Å². The Kier molecular flexibility index (Phi) is 3.51. The number of nitrogens with zero attached hydrogens (tertiary/aromatic N) is 3. The lowest BCUT2D eigenvalue weighted by molar-refractivity contribution is 0.869. The van der Waals surface area contributed by atoms with Gasteiger partial charge < -0.3 is 4.90 Å². The Hall–Kier alpha value is -1.97. The van der Waals surface area contributed by atoms with E-state index in [1.807, 2.05) is 38.1 Å². The van der Waals surface area contributed by atoms with Gasteiger partial charge in [0.05, 0.1) is 5.69 Å². The van der Waals surface area contributed by atoms with Crippen molar-refractivity contribution in [1.29, 1.82) is 0 Å². The van der Waals surface area contributed by atoms with E-state index in [0.717, 1.165) is 16.6 Å². The molecular formula is C15H19N3O. The Morgan fingerprint density at radius 1 is 1.16 bits per heavy atom. The monoisotopic (exact) mass is 257 g/mol. The van der Waals surface area contributed by atoms with Gasteiger partial charge >= 0.3 is 0 Å². The third-order valence-corrected chi connectivity index (χ3v) is 3.16. The smallest absolute Gasteiger partial charge is 0.225 e. The molecule has 2 aromatic rings. The van der Waals surface area contributed by atoms with Crippen molar-refractivity contribution in [2.75, 3.05) is 19.0 Å². The number of aryl methyl sites for hydroxylation is 1. The van der Waals surface area contributed by atoms with Crippen LogP contribution in [0, 0.1) is 6.92 Å². The molecule has 19 heavy (non-hydrogen) atoms. The van der Waals surface area contributed by atoms with Crippen LogP contribution < -0.4 is 10.3 Å². The first kappa shape index (κ1) is 13.5. The third kappa shape index (κ3) is 2.57. The van der Waals surface area contributed by atoms with E-state index in [9.17, 15) is 4.79 Å². The Morgan fingerprint density at radius 3 is 2.42 bits per heavy atom. The number of hydrogen-bond donors (Lipinski definition) is 0. The summed E-state index contributed by atoms with van der Waals surface area (Å²) < 4.78 is 0. The molecule has 0 unspecified atom stereocenters. The Labute approximate surface area is 113 Å². The van der Waals surface area contributed by atoms with E-state index in [-0.39, 0.29) is 5.43 Å². The van der Waals surface area contributed by atoms with Crippen LogP contribution in [0.5, 0.6) is 0 Å². The van der Waals surface area contributed by atoms with Crippen LogP contribution in [0.1, 0.15) is 31.0 Å². The van der Waals surface area contributed by atoms with Gasteiger partial charge in [-0.15, -0.1) is 0 Å². The van der Waals surface area contributed by atoms with Gasteiger partial charge in [0, 0.05) is 19.5 Å². The molecule has 100 valence electrons. The summed E-state index contributed by atoms with van der Waals surface area (Å²) in [6, 6.07) is 5.50. The van der Waals surface area contributed by atoms with Crippen molar-refractivity contribution in [3.05, 3.63) is 39.7 Å². The fourth-order valence-electron chi connectivity index (χ4n) is 1.95. The summed E-state index contributed by atoms with van der Waals surface area (Å²) in [5.41, 5.74) is 2.39. The molecule has 0 radical (unpaired) electrons. The maximum Gasteiger partial charge on any atom is 0.225 e. The fraction of sp³-hybridized carbons (Fsp3) is 0.400. The molecule has 1 aromatic heterocycles. The van der Waals surface area contributed by atoms with Gasteiger partial charge in [0.2, 0.25) is 11.4 Å². The van der Waals surface area contributed by atoms with Crippen molar-refractivity contribution in [2.45, 2.75) is 26.7 Å². The van der Waals surface area contributed by atoms with Crippen LogP contribution in [0.2, 0.25) is 0 Å². The second-order valence-corrected chi connectivity index (χ2v) is 5.26. The summed E-state index contributed by atoms with van der Waals surface area (Å²) in [4.78, 5) is 22.8. The molecule has 0 saturated carbocycles. The highest BCUT2D eigenvalue weighted by molar-refractivity contribution is 5.81. The SMILES string of the molecule is Cc1nc(N(C)C)nc2c(=O)ccc(C(C)C)cc12. The number of fused-ring (bicyclic) bond motifs is 1. The van der Waals surface area contributed by atoms with Gasteiger partial charge in [-0.3, -0.25) is 4.79 Å².